The van der Waals surface area contributed by atoms with Crippen molar-refractivity contribution in [1.82, 2.24) is 20.3 Å². The van der Waals surface area contributed by atoms with E-state index in [1.54, 1.807) is 18.0 Å². The Bertz CT molecular complexity index is 867. The van der Waals surface area contributed by atoms with Crippen LogP contribution >= 0.6 is 11.8 Å². The summed E-state index contributed by atoms with van der Waals surface area (Å²) >= 11 is 1.70. The van der Waals surface area contributed by atoms with Crippen molar-refractivity contribution in [2.45, 2.75) is 33.1 Å². The topological polar surface area (TPSA) is 86.1 Å². The van der Waals surface area contributed by atoms with Crippen LogP contribution in [0, 0.1) is 20.8 Å². The van der Waals surface area contributed by atoms with E-state index in [1.165, 1.54) is 0 Å². The lowest BCUT2D eigenvalue weighted by atomic mass is 10.2. The molecule has 0 fully saturated rings. The number of thioether (sulfide) groups is 1. The first-order chi connectivity index (χ1) is 12.5. The number of aryl methyl sites for hydroxylation is 3. The van der Waals surface area contributed by atoms with Crippen molar-refractivity contribution in [1.29, 1.82) is 0 Å². The van der Waals surface area contributed by atoms with E-state index < -0.39 is 0 Å². The van der Waals surface area contributed by atoms with Crippen LogP contribution in [0.25, 0.3) is 0 Å². The molecule has 0 aromatic carbocycles. The molecule has 1 N–H and O–H groups in total. The summed E-state index contributed by atoms with van der Waals surface area (Å²) < 4.78 is 12.4. The van der Waals surface area contributed by atoms with Gasteiger partial charge in [-0.25, -0.2) is 0 Å². The van der Waals surface area contributed by atoms with Crippen molar-refractivity contribution in [3.8, 4) is 0 Å². The zero-order valence-corrected chi connectivity index (χ0v) is 15.9. The van der Waals surface area contributed by atoms with Crippen molar-refractivity contribution < 1.29 is 13.7 Å². The van der Waals surface area contributed by atoms with Crippen LogP contribution < -0.4 is 5.32 Å². The van der Waals surface area contributed by atoms with Gasteiger partial charge >= 0.3 is 0 Å². The number of rotatable bonds is 8. The number of nitrogens with one attached hydrogen (secondary N) is 1. The Morgan fingerprint density at radius 3 is 2.88 bits per heavy atom. The van der Waals surface area contributed by atoms with Crippen molar-refractivity contribution in [2.24, 2.45) is 0 Å². The van der Waals surface area contributed by atoms with E-state index in [-0.39, 0.29) is 5.91 Å². The molecule has 0 aliphatic heterocycles. The molecule has 3 heterocycles. The molecule has 3 rings (SSSR count). The molecular formula is C18H22N4O3S. The van der Waals surface area contributed by atoms with Crippen LogP contribution in [-0.2, 0) is 12.3 Å². The fraction of sp³-hybridized carbons (Fsp3) is 0.389. The van der Waals surface area contributed by atoms with Gasteiger partial charge in [0.05, 0.1) is 24.3 Å². The molecule has 138 valence electrons. The van der Waals surface area contributed by atoms with Gasteiger partial charge in [-0.3, -0.25) is 9.48 Å². The SMILES string of the molecule is Cc1cc(C)n(Cc2c(C(=O)NCCSCc3ccco3)noc2C)n1. The minimum atomic E-state index is -0.225. The molecule has 1 amide bonds. The highest BCUT2D eigenvalue weighted by Gasteiger charge is 2.20. The lowest BCUT2D eigenvalue weighted by Gasteiger charge is -2.06. The van der Waals surface area contributed by atoms with Gasteiger partial charge in [0, 0.05) is 23.6 Å². The predicted molar refractivity (Wildman–Crippen MR) is 99.2 cm³/mol. The number of furan rings is 1. The van der Waals surface area contributed by atoms with E-state index in [4.69, 9.17) is 8.94 Å². The lowest BCUT2D eigenvalue weighted by molar-refractivity contribution is 0.0946. The first kappa shape index (κ1) is 18.3. The maximum atomic E-state index is 12.5. The minimum absolute atomic E-state index is 0.225. The van der Waals surface area contributed by atoms with E-state index in [9.17, 15) is 4.79 Å². The van der Waals surface area contributed by atoms with E-state index in [1.807, 2.05) is 43.7 Å². The molecule has 0 saturated carbocycles. The zero-order chi connectivity index (χ0) is 18.5. The van der Waals surface area contributed by atoms with Crippen molar-refractivity contribution in [3.05, 3.63) is 58.6 Å². The zero-order valence-electron chi connectivity index (χ0n) is 15.1. The standard InChI is InChI=1S/C18H22N4O3S/c1-12-9-13(2)22(20-12)10-16-14(3)25-21-17(16)18(23)19-6-8-26-11-15-5-4-7-24-15/h4-5,7,9H,6,8,10-11H2,1-3H3,(H,19,23). The van der Waals surface area contributed by atoms with E-state index in [0.29, 0.717) is 24.5 Å². The van der Waals surface area contributed by atoms with Crippen LogP contribution in [-0.4, -0.2) is 33.1 Å². The van der Waals surface area contributed by atoms with Crippen LogP contribution in [0.3, 0.4) is 0 Å². The molecule has 0 atom stereocenters. The quantitative estimate of drug-likeness (QED) is 0.610. The van der Waals surface area contributed by atoms with Crippen molar-refractivity contribution in [2.75, 3.05) is 12.3 Å². The third-order valence-electron chi connectivity index (χ3n) is 3.97. The summed E-state index contributed by atoms with van der Waals surface area (Å²) in [4.78, 5) is 12.5. The normalized spacial score (nSPS) is 11.0. The second-order valence-corrected chi connectivity index (χ2v) is 7.14. The fourth-order valence-corrected chi connectivity index (χ4v) is 3.38. The molecule has 0 radical (unpaired) electrons. The number of nitrogens with zero attached hydrogens (tertiary/aromatic N) is 3. The Morgan fingerprint density at radius 1 is 1.35 bits per heavy atom. The minimum Gasteiger partial charge on any atom is -0.468 e. The fourth-order valence-electron chi connectivity index (χ4n) is 2.63. The van der Waals surface area contributed by atoms with Crippen LogP contribution in [0.15, 0.2) is 33.4 Å². The Kier molecular flexibility index (Phi) is 5.82. The number of hydrogen-bond donors (Lipinski definition) is 1. The molecule has 0 aliphatic rings. The summed E-state index contributed by atoms with van der Waals surface area (Å²) in [6.07, 6.45) is 1.66. The highest BCUT2D eigenvalue weighted by Crippen LogP contribution is 2.17. The third-order valence-corrected chi connectivity index (χ3v) is 4.95. The number of aromatic nitrogens is 3. The number of carbonyl (C=O) groups is 1. The van der Waals surface area contributed by atoms with E-state index in [2.05, 4.69) is 15.6 Å². The molecule has 0 saturated heterocycles. The van der Waals surface area contributed by atoms with Crippen molar-refractivity contribution >= 4 is 17.7 Å². The smallest absolute Gasteiger partial charge is 0.273 e. The molecule has 26 heavy (non-hydrogen) atoms. The van der Waals surface area contributed by atoms with Gasteiger partial charge in [0.1, 0.15) is 11.5 Å². The maximum absolute atomic E-state index is 12.5. The van der Waals surface area contributed by atoms with Crippen molar-refractivity contribution in [3.63, 3.8) is 0 Å². The average molecular weight is 374 g/mol. The molecular weight excluding hydrogens is 352 g/mol. The third kappa shape index (κ3) is 4.37. The summed E-state index contributed by atoms with van der Waals surface area (Å²) in [6, 6.07) is 5.81. The Hall–Kier alpha value is -2.48. The highest BCUT2D eigenvalue weighted by atomic mass is 32.2. The summed E-state index contributed by atoms with van der Waals surface area (Å²) in [5.41, 5.74) is 3.06. The highest BCUT2D eigenvalue weighted by molar-refractivity contribution is 7.98. The molecule has 8 heteroatoms. The first-order valence-corrected chi connectivity index (χ1v) is 9.54. The van der Waals surface area contributed by atoms with Gasteiger partial charge in [0.25, 0.3) is 5.91 Å². The Labute approximate surface area is 156 Å². The molecule has 0 aliphatic carbocycles. The average Bonchev–Trinajstić information content (AvgIpc) is 3.30. The van der Waals surface area contributed by atoms with Gasteiger partial charge < -0.3 is 14.3 Å². The monoisotopic (exact) mass is 374 g/mol. The molecule has 7 nitrogen and oxygen atoms in total. The largest absolute Gasteiger partial charge is 0.468 e. The molecule has 0 spiro atoms. The van der Waals surface area contributed by atoms with Crippen LogP contribution in [0.2, 0.25) is 0 Å². The summed E-state index contributed by atoms with van der Waals surface area (Å²) in [5, 5.41) is 11.3. The van der Waals surface area contributed by atoms with Gasteiger partial charge in [-0.05, 0) is 39.0 Å². The molecule has 3 aromatic heterocycles. The molecule has 0 unspecified atom stereocenters. The van der Waals surface area contributed by atoms with Gasteiger partial charge in [0.2, 0.25) is 0 Å². The van der Waals surface area contributed by atoms with Crippen LogP contribution in [0.5, 0.6) is 0 Å². The second kappa shape index (κ2) is 8.27. The number of carbonyl (C=O) groups excluding carboxylic acids is 1. The van der Waals surface area contributed by atoms with Gasteiger partial charge in [-0.15, -0.1) is 0 Å². The summed E-state index contributed by atoms with van der Waals surface area (Å²) in [5.74, 6) is 2.91. The van der Waals surface area contributed by atoms with Crippen LogP contribution in [0.4, 0.5) is 0 Å². The summed E-state index contributed by atoms with van der Waals surface area (Å²) in [6.45, 7) is 6.75. The first-order valence-electron chi connectivity index (χ1n) is 8.39. The van der Waals surface area contributed by atoms with E-state index >= 15 is 0 Å². The number of amides is 1. The van der Waals surface area contributed by atoms with Gasteiger partial charge in [-0.1, -0.05) is 5.16 Å². The molecule has 3 aromatic rings. The molecule has 0 bridgehead atoms. The van der Waals surface area contributed by atoms with Gasteiger partial charge in [-0.2, -0.15) is 16.9 Å². The second-order valence-electron chi connectivity index (χ2n) is 6.04. The van der Waals surface area contributed by atoms with Gasteiger partial charge in [0.15, 0.2) is 5.69 Å². The maximum Gasteiger partial charge on any atom is 0.273 e. The van der Waals surface area contributed by atoms with Crippen LogP contribution in [0.1, 0.15) is 39.0 Å². The summed E-state index contributed by atoms with van der Waals surface area (Å²) in [7, 11) is 0. The Balaban J connectivity index is 1.55. The predicted octanol–water partition coefficient (Wildman–Crippen LogP) is 3.10. The van der Waals surface area contributed by atoms with E-state index in [0.717, 1.165) is 34.2 Å². The lowest BCUT2D eigenvalue weighted by Crippen LogP contribution is -2.27. The Morgan fingerprint density at radius 2 is 2.19 bits per heavy atom. The number of hydrogen-bond acceptors (Lipinski definition) is 6.